The van der Waals surface area contributed by atoms with Gasteiger partial charge >= 0.3 is 0 Å². The van der Waals surface area contributed by atoms with E-state index in [-0.39, 0.29) is 0 Å². The molecule has 0 saturated carbocycles. The van der Waals surface area contributed by atoms with Crippen LogP contribution in [0, 0.1) is 6.92 Å². The molecule has 0 atom stereocenters. The number of nitrogen functional groups attached to an aromatic ring is 1. The van der Waals surface area contributed by atoms with Crippen LogP contribution in [0.4, 0.5) is 11.6 Å². The Balaban J connectivity index is 1.53. The average molecular weight is 290 g/mol. The van der Waals surface area contributed by atoms with Gasteiger partial charge in [-0.3, -0.25) is 4.90 Å². The summed E-state index contributed by atoms with van der Waals surface area (Å²) < 4.78 is 7.07. The maximum Gasteiger partial charge on any atom is 0.240 e. The van der Waals surface area contributed by atoms with E-state index in [0.717, 1.165) is 62.7 Å². The van der Waals surface area contributed by atoms with E-state index in [4.69, 9.17) is 10.5 Å². The van der Waals surface area contributed by atoms with Gasteiger partial charge in [-0.1, -0.05) is 0 Å². The fourth-order valence-corrected chi connectivity index (χ4v) is 2.58. The number of nitrogens with two attached hydrogens (primary N) is 1. The minimum atomic E-state index is 0.305. The summed E-state index contributed by atoms with van der Waals surface area (Å²) in [5, 5.41) is 7.60. The molecule has 21 heavy (non-hydrogen) atoms. The van der Waals surface area contributed by atoms with Gasteiger partial charge < -0.3 is 15.8 Å². The van der Waals surface area contributed by atoms with Crippen LogP contribution < -0.4 is 11.1 Å². The maximum absolute atomic E-state index is 5.62. The molecule has 7 heteroatoms. The molecular formula is C14H22N6O. The lowest BCUT2D eigenvalue weighted by molar-refractivity contribution is 0.0378. The SMILES string of the molecule is Cc1cc2nc(N)nn2cc1NCCCN1CCOCC1. The Hall–Kier alpha value is -1.86. The number of rotatable bonds is 5. The predicted octanol–water partition coefficient (Wildman–Crippen LogP) is 0.754. The van der Waals surface area contributed by atoms with Crippen molar-refractivity contribution >= 4 is 17.3 Å². The highest BCUT2D eigenvalue weighted by Crippen LogP contribution is 2.16. The zero-order chi connectivity index (χ0) is 14.7. The molecular weight excluding hydrogens is 268 g/mol. The van der Waals surface area contributed by atoms with E-state index in [9.17, 15) is 0 Å². The highest BCUT2D eigenvalue weighted by atomic mass is 16.5. The van der Waals surface area contributed by atoms with Crippen LogP contribution in [0.1, 0.15) is 12.0 Å². The summed E-state index contributed by atoms with van der Waals surface area (Å²) >= 11 is 0. The summed E-state index contributed by atoms with van der Waals surface area (Å²) in [6.07, 6.45) is 3.06. The number of anilines is 2. The van der Waals surface area contributed by atoms with E-state index in [2.05, 4.69) is 27.2 Å². The Morgan fingerprint density at radius 1 is 1.38 bits per heavy atom. The van der Waals surface area contributed by atoms with E-state index in [1.165, 1.54) is 0 Å². The topological polar surface area (TPSA) is 80.7 Å². The van der Waals surface area contributed by atoms with Crippen molar-refractivity contribution in [3.8, 4) is 0 Å². The molecule has 1 aliphatic heterocycles. The quantitative estimate of drug-likeness (QED) is 0.791. The number of aryl methyl sites for hydroxylation is 1. The molecule has 0 radical (unpaired) electrons. The van der Waals surface area contributed by atoms with Crippen molar-refractivity contribution in [2.24, 2.45) is 0 Å². The van der Waals surface area contributed by atoms with E-state index in [1.54, 1.807) is 4.52 Å². The Bertz CT molecular complexity index is 605. The molecule has 0 bridgehead atoms. The van der Waals surface area contributed by atoms with Gasteiger partial charge in [0.15, 0.2) is 5.65 Å². The number of hydrogen-bond donors (Lipinski definition) is 2. The second-order valence-electron chi connectivity index (χ2n) is 5.38. The van der Waals surface area contributed by atoms with Gasteiger partial charge in [-0.05, 0) is 31.5 Å². The Morgan fingerprint density at radius 3 is 3.00 bits per heavy atom. The molecule has 7 nitrogen and oxygen atoms in total. The lowest BCUT2D eigenvalue weighted by atomic mass is 10.2. The first-order valence-corrected chi connectivity index (χ1v) is 7.39. The van der Waals surface area contributed by atoms with Gasteiger partial charge in [-0.2, -0.15) is 4.98 Å². The highest BCUT2D eigenvalue weighted by molar-refractivity contribution is 5.56. The summed E-state index contributed by atoms with van der Waals surface area (Å²) in [4.78, 5) is 6.60. The zero-order valence-corrected chi connectivity index (χ0v) is 12.4. The molecule has 0 aliphatic carbocycles. The molecule has 3 N–H and O–H groups in total. The van der Waals surface area contributed by atoms with Crippen LogP contribution in [-0.2, 0) is 4.74 Å². The van der Waals surface area contributed by atoms with Crippen LogP contribution >= 0.6 is 0 Å². The van der Waals surface area contributed by atoms with E-state index in [1.807, 2.05) is 12.3 Å². The van der Waals surface area contributed by atoms with Crippen LogP contribution in [-0.4, -0.2) is 58.9 Å². The minimum absolute atomic E-state index is 0.305. The summed E-state index contributed by atoms with van der Waals surface area (Å²) in [6.45, 7) is 7.91. The van der Waals surface area contributed by atoms with E-state index < -0.39 is 0 Å². The number of fused-ring (bicyclic) bond motifs is 1. The normalized spacial score (nSPS) is 16.4. The number of aromatic nitrogens is 3. The number of nitrogens with one attached hydrogen (secondary N) is 1. The Labute approximate surface area is 124 Å². The first-order valence-electron chi connectivity index (χ1n) is 7.39. The van der Waals surface area contributed by atoms with Crippen molar-refractivity contribution in [3.63, 3.8) is 0 Å². The molecule has 1 fully saturated rings. The maximum atomic E-state index is 5.62. The second-order valence-corrected chi connectivity index (χ2v) is 5.38. The molecule has 3 heterocycles. The van der Waals surface area contributed by atoms with Crippen molar-refractivity contribution in [1.29, 1.82) is 0 Å². The standard InChI is InChI=1S/C14H22N6O/c1-11-9-13-17-14(15)18-20(13)10-12(11)16-3-2-4-19-5-7-21-8-6-19/h9-10,16H,2-8H2,1H3,(H2,15,18). The second kappa shape index (κ2) is 6.28. The van der Waals surface area contributed by atoms with E-state index in [0.29, 0.717) is 5.95 Å². The largest absolute Gasteiger partial charge is 0.384 e. The molecule has 0 unspecified atom stereocenters. The van der Waals surface area contributed by atoms with Gasteiger partial charge in [-0.15, -0.1) is 5.10 Å². The molecule has 0 spiro atoms. The summed E-state index contributed by atoms with van der Waals surface area (Å²) in [5.41, 5.74) is 8.63. The van der Waals surface area contributed by atoms with Gasteiger partial charge in [0, 0.05) is 19.6 Å². The number of nitrogens with zero attached hydrogens (tertiary/aromatic N) is 4. The summed E-state index contributed by atoms with van der Waals surface area (Å²) in [6, 6.07) is 1.99. The van der Waals surface area contributed by atoms with Crippen LogP contribution in [0.3, 0.4) is 0 Å². The molecule has 1 saturated heterocycles. The van der Waals surface area contributed by atoms with Crippen LogP contribution in [0.25, 0.3) is 5.65 Å². The van der Waals surface area contributed by atoms with Gasteiger partial charge in [0.05, 0.1) is 25.1 Å². The van der Waals surface area contributed by atoms with Crippen molar-refractivity contribution in [2.45, 2.75) is 13.3 Å². The lowest BCUT2D eigenvalue weighted by Crippen LogP contribution is -2.37. The third-order valence-corrected chi connectivity index (χ3v) is 3.77. The fraction of sp³-hybridized carbons (Fsp3) is 0.571. The zero-order valence-electron chi connectivity index (χ0n) is 12.4. The Morgan fingerprint density at radius 2 is 2.19 bits per heavy atom. The third kappa shape index (κ3) is 3.43. The Kier molecular flexibility index (Phi) is 4.21. The van der Waals surface area contributed by atoms with Crippen molar-refractivity contribution in [2.75, 3.05) is 50.4 Å². The third-order valence-electron chi connectivity index (χ3n) is 3.77. The first-order chi connectivity index (χ1) is 10.2. The monoisotopic (exact) mass is 290 g/mol. The van der Waals surface area contributed by atoms with E-state index >= 15 is 0 Å². The van der Waals surface area contributed by atoms with Gasteiger partial charge in [0.25, 0.3) is 0 Å². The van der Waals surface area contributed by atoms with Gasteiger partial charge in [-0.25, -0.2) is 4.52 Å². The van der Waals surface area contributed by atoms with Crippen molar-refractivity contribution < 1.29 is 4.74 Å². The lowest BCUT2D eigenvalue weighted by Gasteiger charge is -2.26. The number of ether oxygens (including phenoxy) is 1. The number of morpholine rings is 1. The molecule has 1 aliphatic rings. The van der Waals surface area contributed by atoms with Crippen molar-refractivity contribution in [3.05, 3.63) is 17.8 Å². The van der Waals surface area contributed by atoms with Gasteiger partial charge in [0.1, 0.15) is 0 Å². The molecule has 3 rings (SSSR count). The molecule has 0 aromatic carbocycles. The van der Waals surface area contributed by atoms with Gasteiger partial charge in [0.2, 0.25) is 5.95 Å². The van der Waals surface area contributed by atoms with Crippen LogP contribution in [0.2, 0.25) is 0 Å². The number of hydrogen-bond acceptors (Lipinski definition) is 6. The molecule has 114 valence electrons. The highest BCUT2D eigenvalue weighted by Gasteiger charge is 2.09. The number of pyridine rings is 1. The minimum Gasteiger partial charge on any atom is -0.384 e. The molecule has 2 aromatic rings. The summed E-state index contributed by atoms with van der Waals surface area (Å²) in [7, 11) is 0. The average Bonchev–Trinajstić information content (AvgIpc) is 2.83. The smallest absolute Gasteiger partial charge is 0.240 e. The van der Waals surface area contributed by atoms with Crippen LogP contribution in [0.5, 0.6) is 0 Å². The van der Waals surface area contributed by atoms with Crippen LogP contribution in [0.15, 0.2) is 12.3 Å². The summed E-state index contributed by atoms with van der Waals surface area (Å²) in [5.74, 6) is 0.305. The molecule has 2 aromatic heterocycles. The fourth-order valence-electron chi connectivity index (χ4n) is 2.58. The van der Waals surface area contributed by atoms with Crippen molar-refractivity contribution in [1.82, 2.24) is 19.5 Å². The first kappa shape index (κ1) is 14.1. The molecule has 0 amide bonds. The predicted molar refractivity (Wildman–Crippen MR) is 82.5 cm³/mol.